The quantitative estimate of drug-likeness (QED) is 0.901. The Balaban J connectivity index is 1.72. The molecule has 4 nitrogen and oxygen atoms in total. The van der Waals surface area contributed by atoms with E-state index in [0.29, 0.717) is 18.4 Å². The molecule has 1 fully saturated rings. The lowest BCUT2D eigenvalue weighted by Crippen LogP contribution is -2.19. The first kappa shape index (κ1) is 12.2. The van der Waals surface area contributed by atoms with Crippen LogP contribution >= 0.6 is 0 Å². The van der Waals surface area contributed by atoms with Gasteiger partial charge in [-0.3, -0.25) is 0 Å². The van der Waals surface area contributed by atoms with Gasteiger partial charge in [0.25, 0.3) is 5.89 Å². The molecular weight excluding hydrogens is 252 g/mol. The highest BCUT2D eigenvalue weighted by atomic mass is 19.1. The summed E-state index contributed by atoms with van der Waals surface area (Å²) >= 11 is 0. The molecule has 0 spiro atoms. The minimum absolute atomic E-state index is 0.114. The molecule has 6 heteroatoms. The van der Waals surface area contributed by atoms with Crippen molar-refractivity contribution in [2.75, 3.05) is 6.54 Å². The van der Waals surface area contributed by atoms with Crippen LogP contribution in [0.2, 0.25) is 0 Å². The molecule has 2 aromatic rings. The summed E-state index contributed by atoms with van der Waals surface area (Å²) < 4.78 is 32.4. The van der Waals surface area contributed by atoms with Crippen LogP contribution in [0.15, 0.2) is 22.6 Å². The van der Waals surface area contributed by atoms with E-state index < -0.39 is 11.6 Å². The molecule has 1 N–H and O–H groups in total. The lowest BCUT2D eigenvalue weighted by atomic mass is 10.2. The Morgan fingerprint density at radius 2 is 1.95 bits per heavy atom. The first-order valence-electron chi connectivity index (χ1n) is 6.24. The molecule has 1 heterocycles. The number of nitrogens with one attached hydrogen (secondary N) is 1. The highest BCUT2D eigenvalue weighted by Crippen LogP contribution is 2.24. The molecule has 19 heavy (non-hydrogen) atoms. The van der Waals surface area contributed by atoms with Crippen LogP contribution in [0.5, 0.6) is 0 Å². The maximum atomic E-state index is 13.5. The Morgan fingerprint density at radius 1 is 1.21 bits per heavy atom. The second-order valence-electron chi connectivity index (χ2n) is 4.58. The zero-order valence-corrected chi connectivity index (χ0v) is 10.2. The first-order chi connectivity index (χ1) is 9.24. The highest BCUT2D eigenvalue weighted by Gasteiger charge is 2.21. The summed E-state index contributed by atoms with van der Waals surface area (Å²) in [7, 11) is 0. The van der Waals surface area contributed by atoms with E-state index in [1.165, 1.54) is 18.9 Å². The third-order valence-corrected chi connectivity index (χ3v) is 2.99. The number of benzene rings is 1. The molecule has 0 saturated heterocycles. The largest absolute Gasteiger partial charge is 0.420 e. The Labute approximate surface area is 108 Å². The summed E-state index contributed by atoms with van der Waals surface area (Å²) in [5.74, 6) is -1.14. The lowest BCUT2D eigenvalue weighted by Gasteiger charge is -1.99. The minimum atomic E-state index is -0.702. The van der Waals surface area contributed by atoms with Gasteiger partial charge in [0.05, 0.1) is 0 Å². The third-order valence-electron chi connectivity index (χ3n) is 2.99. The number of rotatable bonds is 5. The molecule has 1 aliphatic rings. The number of nitrogens with zero attached hydrogens (tertiary/aromatic N) is 2. The SMILES string of the molecule is Fc1cccc(F)c1-c1nnc(CCNC2CC2)o1. The second-order valence-corrected chi connectivity index (χ2v) is 4.58. The molecule has 1 aromatic carbocycles. The summed E-state index contributed by atoms with van der Waals surface area (Å²) in [5, 5.41) is 10.8. The smallest absolute Gasteiger partial charge is 0.253 e. The lowest BCUT2D eigenvalue weighted by molar-refractivity contribution is 0.485. The normalized spacial score (nSPS) is 14.8. The van der Waals surface area contributed by atoms with Crippen molar-refractivity contribution in [1.29, 1.82) is 0 Å². The summed E-state index contributed by atoms with van der Waals surface area (Å²) in [4.78, 5) is 0. The fourth-order valence-electron chi connectivity index (χ4n) is 1.83. The van der Waals surface area contributed by atoms with Gasteiger partial charge >= 0.3 is 0 Å². The number of halogens is 2. The molecule has 1 saturated carbocycles. The summed E-state index contributed by atoms with van der Waals surface area (Å²) in [6.45, 7) is 0.728. The molecule has 0 atom stereocenters. The van der Waals surface area contributed by atoms with Crippen molar-refractivity contribution in [1.82, 2.24) is 15.5 Å². The van der Waals surface area contributed by atoms with Gasteiger partial charge in [-0.25, -0.2) is 8.78 Å². The maximum absolute atomic E-state index is 13.5. The topological polar surface area (TPSA) is 51.0 Å². The van der Waals surface area contributed by atoms with Crippen molar-refractivity contribution in [2.24, 2.45) is 0 Å². The van der Waals surface area contributed by atoms with Gasteiger partial charge in [0, 0.05) is 19.0 Å². The van der Waals surface area contributed by atoms with Crippen molar-refractivity contribution in [3.63, 3.8) is 0 Å². The van der Waals surface area contributed by atoms with Crippen LogP contribution < -0.4 is 5.32 Å². The van der Waals surface area contributed by atoms with Crippen LogP contribution in [-0.4, -0.2) is 22.8 Å². The third kappa shape index (κ3) is 2.78. The Bertz CT molecular complexity index is 561. The van der Waals surface area contributed by atoms with Crippen molar-refractivity contribution in [3.8, 4) is 11.5 Å². The van der Waals surface area contributed by atoms with E-state index in [2.05, 4.69) is 15.5 Å². The summed E-state index contributed by atoms with van der Waals surface area (Å²) in [6, 6.07) is 4.23. The van der Waals surface area contributed by atoms with Gasteiger partial charge in [-0.1, -0.05) is 6.07 Å². The van der Waals surface area contributed by atoms with Crippen LogP contribution in [0.4, 0.5) is 8.78 Å². The Hall–Kier alpha value is -1.82. The van der Waals surface area contributed by atoms with Gasteiger partial charge in [-0.2, -0.15) is 0 Å². The van der Waals surface area contributed by atoms with E-state index in [1.807, 2.05) is 0 Å². The van der Waals surface area contributed by atoms with Crippen molar-refractivity contribution < 1.29 is 13.2 Å². The number of hydrogen-bond acceptors (Lipinski definition) is 4. The Kier molecular flexibility index (Phi) is 3.25. The number of hydrogen-bond donors (Lipinski definition) is 1. The fourth-order valence-corrected chi connectivity index (χ4v) is 1.83. The molecule has 100 valence electrons. The van der Waals surface area contributed by atoms with Gasteiger partial charge in [-0.05, 0) is 25.0 Å². The molecule has 0 unspecified atom stereocenters. The molecule has 0 amide bonds. The molecular formula is C13H13F2N3O. The average Bonchev–Trinajstić information content (AvgIpc) is 3.08. The summed E-state index contributed by atoms with van der Waals surface area (Å²) in [5.41, 5.74) is -0.267. The van der Waals surface area contributed by atoms with Crippen molar-refractivity contribution in [3.05, 3.63) is 35.7 Å². The van der Waals surface area contributed by atoms with E-state index in [1.54, 1.807) is 0 Å². The van der Waals surface area contributed by atoms with Crippen LogP contribution in [-0.2, 0) is 6.42 Å². The molecule has 0 aliphatic heterocycles. The van der Waals surface area contributed by atoms with E-state index in [4.69, 9.17) is 4.42 Å². The van der Waals surface area contributed by atoms with E-state index in [9.17, 15) is 8.78 Å². The molecule has 0 bridgehead atoms. The van der Waals surface area contributed by atoms with E-state index in [0.717, 1.165) is 18.7 Å². The van der Waals surface area contributed by atoms with Gasteiger partial charge in [0.15, 0.2) is 0 Å². The second kappa shape index (κ2) is 5.05. The maximum Gasteiger partial charge on any atom is 0.253 e. The molecule has 3 rings (SSSR count). The van der Waals surface area contributed by atoms with Crippen molar-refractivity contribution >= 4 is 0 Å². The predicted molar refractivity (Wildman–Crippen MR) is 64.4 cm³/mol. The molecule has 1 aromatic heterocycles. The first-order valence-corrected chi connectivity index (χ1v) is 6.24. The van der Waals surface area contributed by atoms with Crippen LogP contribution in [0.1, 0.15) is 18.7 Å². The molecule has 0 radical (unpaired) electrons. The number of aromatic nitrogens is 2. The molecule has 1 aliphatic carbocycles. The standard InChI is InChI=1S/C13H13F2N3O/c14-9-2-1-3-10(15)12(9)13-18-17-11(19-13)6-7-16-8-4-5-8/h1-3,8,16H,4-7H2. The fraction of sp³-hybridized carbons (Fsp3) is 0.385. The van der Waals surface area contributed by atoms with E-state index in [-0.39, 0.29) is 11.5 Å². The van der Waals surface area contributed by atoms with Crippen LogP contribution in [0, 0.1) is 11.6 Å². The highest BCUT2D eigenvalue weighted by molar-refractivity contribution is 5.54. The van der Waals surface area contributed by atoms with Crippen molar-refractivity contribution in [2.45, 2.75) is 25.3 Å². The monoisotopic (exact) mass is 265 g/mol. The van der Waals surface area contributed by atoms with Crippen LogP contribution in [0.25, 0.3) is 11.5 Å². The van der Waals surface area contributed by atoms with Gasteiger partial charge < -0.3 is 9.73 Å². The zero-order chi connectivity index (χ0) is 13.2. The average molecular weight is 265 g/mol. The van der Waals surface area contributed by atoms with Gasteiger partial charge in [0.1, 0.15) is 17.2 Å². The summed E-state index contributed by atoms with van der Waals surface area (Å²) in [6.07, 6.45) is 2.96. The van der Waals surface area contributed by atoms with Gasteiger partial charge in [-0.15, -0.1) is 10.2 Å². The Morgan fingerprint density at radius 3 is 2.63 bits per heavy atom. The zero-order valence-electron chi connectivity index (χ0n) is 10.2. The van der Waals surface area contributed by atoms with E-state index >= 15 is 0 Å². The van der Waals surface area contributed by atoms with Crippen LogP contribution in [0.3, 0.4) is 0 Å². The van der Waals surface area contributed by atoms with Gasteiger partial charge in [0.2, 0.25) is 5.89 Å². The predicted octanol–water partition coefficient (Wildman–Crippen LogP) is 2.31. The minimum Gasteiger partial charge on any atom is -0.420 e.